The fourth-order valence-corrected chi connectivity index (χ4v) is 1.79. The van der Waals surface area contributed by atoms with E-state index in [2.05, 4.69) is 4.18 Å². The van der Waals surface area contributed by atoms with E-state index in [0.29, 0.717) is 5.39 Å². The van der Waals surface area contributed by atoms with Crippen LogP contribution in [0.1, 0.15) is 0 Å². The molecule has 0 heterocycles. The molecule has 0 aliphatic rings. The van der Waals surface area contributed by atoms with Gasteiger partial charge in [0, 0.05) is 5.39 Å². The van der Waals surface area contributed by atoms with E-state index in [0.717, 1.165) is 5.39 Å². The van der Waals surface area contributed by atoms with Crippen molar-refractivity contribution in [2.75, 3.05) is 0 Å². The van der Waals surface area contributed by atoms with Gasteiger partial charge in [-0.3, -0.25) is 0 Å². The molecule has 0 saturated carbocycles. The van der Waals surface area contributed by atoms with E-state index in [1.807, 2.05) is 18.2 Å². The van der Waals surface area contributed by atoms with Gasteiger partial charge in [-0.2, -0.15) is 13.6 Å². The van der Waals surface area contributed by atoms with Crippen LogP contribution in [0.3, 0.4) is 0 Å². The lowest BCUT2D eigenvalue weighted by Gasteiger charge is -2.05. The zero-order valence-corrected chi connectivity index (χ0v) is 8.57. The highest BCUT2D eigenvalue weighted by Gasteiger charge is 2.07. The third kappa shape index (κ3) is 2.26. The van der Waals surface area contributed by atoms with Crippen LogP contribution in [-0.4, -0.2) is 8.42 Å². The predicted octanol–water partition coefficient (Wildman–Crippen LogP) is 1.42. The minimum Gasteiger partial charge on any atom is -0.370 e. The summed E-state index contributed by atoms with van der Waals surface area (Å²) in [6.45, 7) is 0. The SMILES string of the molecule is NS(=O)(=O)Oc1cccc2ccccc12. The zero-order valence-electron chi connectivity index (χ0n) is 7.75. The minimum atomic E-state index is -3.97. The molecular weight excluding hydrogens is 214 g/mol. The predicted molar refractivity (Wildman–Crippen MR) is 57.7 cm³/mol. The maximum Gasteiger partial charge on any atom is 0.380 e. The quantitative estimate of drug-likeness (QED) is 0.837. The molecule has 0 aliphatic heterocycles. The van der Waals surface area contributed by atoms with E-state index < -0.39 is 10.3 Å². The molecule has 0 fully saturated rings. The first kappa shape index (κ1) is 9.95. The molecule has 5 heteroatoms. The summed E-state index contributed by atoms with van der Waals surface area (Å²) in [5.74, 6) is 0.246. The Hall–Kier alpha value is -1.59. The van der Waals surface area contributed by atoms with Crippen LogP contribution in [0.25, 0.3) is 10.8 Å². The molecule has 0 bridgehead atoms. The highest BCUT2D eigenvalue weighted by molar-refractivity contribution is 7.84. The Morgan fingerprint density at radius 2 is 1.67 bits per heavy atom. The van der Waals surface area contributed by atoms with Crippen LogP contribution in [0.15, 0.2) is 42.5 Å². The van der Waals surface area contributed by atoms with E-state index >= 15 is 0 Å². The Bertz CT molecular complexity index is 587. The van der Waals surface area contributed by atoms with Gasteiger partial charge >= 0.3 is 10.3 Å². The van der Waals surface area contributed by atoms with Crippen molar-refractivity contribution in [1.29, 1.82) is 0 Å². The lowest BCUT2D eigenvalue weighted by molar-refractivity contribution is 0.490. The molecule has 2 aromatic carbocycles. The molecule has 0 spiro atoms. The lowest BCUT2D eigenvalue weighted by Crippen LogP contribution is -2.19. The van der Waals surface area contributed by atoms with Gasteiger partial charge in [-0.05, 0) is 11.5 Å². The second-order valence-corrected chi connectivity index (χ2v) is 4.21. The smallest absolute Gasteiger partial charge is 0.370 e. The van der Waals surface area contributed by atoms with Crippen molar-refractivity contribution in [3.05, 3.63) is 42.5 Å². The third-order valence-electron chi connectivity index (χ3n) is 1.96. The molecule has 0 aliphatic carbocycles. The van der Waals surface area contributed by atoms with Gasteiger partial charge in [0.15, 0.2) is 5.75 Å². The molecule has 2 aromatic rings. The summed E-state index contributed by atoms with van der Waals surface area (Å²) >= 11 is 0. The van der Waals surface area contributed by atoms with Crippen LogP contribution in [-0.2, 0) is 10.3 Å². The van der Waals surface area contributed by atoms with E-state index in [9.17, 15) is 8.42 Å². The summed E-state index contributed by atoms with van der Waals surface area (Å²) in [6.07, 6.45) is 0. The minimum absolute atomic E-state index is 0.246. The van der Waals surface area contributed by atoms with E-state index in [4.69, 9.17) is 5.14 Å². The Balaban J connectivity index is 2.61. The molecule has 0 aromatic heterocycles. The Morgan fingerprint density at radius 3 is 2.40 bits per heavy atom. The number of hydrogen-bond donors (Lipinski definition) is 1. The van der Waals surface area contributed by atoms with Gasteiger partial charge in [-0.1, -0.05) is 36.4 Å². The summed E-state index contributed by atoms with van der Waals surface area (Å²) in [5, 5.41) is 6.43. The second-order valence-electron chi connectivity index (χ2n) is 3.05. The van der Waals surface area contributed by atoms with Crippen LogP contribution in [0.4, 0.5) is 0 Å². The fraction of sp³-hybridized carbons (Fsp3) is 0. The van der Waals surface area contributed by atoms with E-state index in [-0.39, 0.29) is 5.75 Å². The topological polar surface area (TPSA) is 69.4 Å². The van der Waals surface area contributed by atoms with Crippen molar-refractivity contribution in [2.24, 2.45) is 5.14 Å². The van der Waals surface area contributed by atoms with E-state index in [1.54, 1.807) is 24.3 Å². The molecule has 0 saturated heterocycles. The molecule has 15 heavy (non-hydrogen) atoms. The molecule has 4 nitrogen and oxygen atoms in total. The zero-order chi connectivity index (χ0) is 10.9. The van der Waals surface area contributed by atoms with Crippen LogP contribution in [0.2, 0.25) is 0 Å². The molecule has 0 radical (unpaired) electrons. The van der Waals surface area contributed by atoms with Crippen molar-refractivity contribution in [3.63, 3.8) is 0 Å². The van der Waals surface area contributed by atoms with Gasteiger partial charge in [-0.25, -0.2) is 0 Å². The Kier molecular flexibility index (Phi) is 2.34. The average molecular weight is 223 g/mol. The van der Waals surface area contributed by atoms with Crippen molar-refractivity contribution in [1.82, 2.24) is 0 Å². The summed E-state index contributed by atoms with van der Waals surface area (Å²) in [6, 6.07) is 12.4. The summed E-state index contributed by atoms with van der Waals surface area (Å²) < 4.78 is 26.3. The number of benzene rings is 2. The Labute approximate surface area is 87.5 Å². The molecule has 0 atom stereocenters. The molecule has 0 amide bonds. The molecule has 0 unspecified atom stereocenters. The number of hydrogen-bond acceptors (Lipinski definition) is 3. The first-order valence-corrected chi connectivity index (χ1v) is 5.73. The first-order chi connectivity index (χ1) is 7.06. The summed E-state index contributed by atoms with van der Waals surface area (Å²) in [5.41, 5.74) is 0. The largest absolute Gasteiger partial charge is 0.380 e. The Morgan fingerprint density at radius 1 is 1.00 bits per heavy atom. The molecule has 2 N–H and O–H groups in total. The van der Waals surface area contributed by atoms with Gasteiger partial charge in [0.25, 0.3) is 0 Å². The lowest BCUT2D eigenvalue weighted by atomic mass is 10.1. The second kappa shape index (κ2) is 3.52. The van der Waals surface area contributed by atoms with Crippen LogP contribution in [0.5, 0.6) is 5.75 Å². The van der Waals surface area contributed by atoms with Gasteiger partial charge < -0.3 is 4.18 Å². The van der Waals surface area contributed by atoms with Gasteiger partial charge in [0.1, 0.15) is 0 Å². The van der Waals surface area contributed by atoms with Crippen LogP contribution < -0.4 is 9.32 Å². The molecule has 78 valence electrons. The van der Waals surface area contributed by atoms with Gasteiger partial charge in [0.05, 0.1) is 0 Å². The maximum atomic E-state index is 10.8. The first-order valence-electron chi connectivity index (χ1n) is 4.26. The fourth-order valence-electron chi connectivity index (χ4n) is 1.39. The van der Waals surface area contributed by atoms with Crippen LogP contribution >= 0.6 is 0 Å². The van der Waals surface area contributed by atoms with Crippen molar-refractivity contribution >= 4 is 21.1 Å². The summed E-state index contributed by atoms with van der Waals surface area (Å²) in [7, 11) is -3.97. The highest BCUT2D eigenvalue weighted by atomic mass is 32.2. The average Bonchev–Trinajstić information content (AvgIpc) is 2.16. The number of nitrogens with two attached hydrogens (primary N) is 1. The molecular formula is C10H9NO3S. The van der Waals surface area contributed by atoms with Gasteiger partial charge in [0.2, 0.25) is 0 Å². The summed E-state index contributed by atoms with van der Waals surface area (Å²) in [4.78, 5) is 0. The third-order valence-corrected chi connectivity index (χ3v) is 2.37. The van der Waals surface area contributed by atoms with Crippen molar-refractivity contribution in [3.8, 4) is 5.75 Å². The van der Waals surface area contributed by atoms with Crippen molar-refractivity contribution in [2.45, 2.75) is 0 Å². The van der Waals surface area contributed by atoms with Crippen LogP contribution in [0, 0.1) is 0 Å². The maximum absolute atomic E-state index is 10.8. The van der Waals surface area contributed by atoms with E-state index in [1.165, 1.54) is 0 Å². The normalized spacial score (nSPS) is 11.5. The highest BCUT2D eigenvalue weighted by Crippen LogP contribution is 2.25. The monoisotopic (exact) mass is 223 g/mol. The van der Waals surface area contributed by atoms with Crippen molar-refractivity contribution < 1.29 is 12.6 Å². The number of rotatable bonds is 2. The standard InChI is InChI=1S/C10H9NO3S/c11-15(12,13)14-10-7-3-5-8-4-1-2-6-9(8)10/h1-7H,(H2,11,12,13). The number of fused-ring (bicyclic) bond motifs is 1. The van der Waals surface area contributed by atoms with Gasteiger partial charge in [-0.15, -0.1) is 0 Å². The molecule has 2 rings (SSSR count).